The number of rotatable bonds is 9. The van der Waals surface area contributed by atoms with Gasteiger partial charge >= 0.3 is 5.97 Å². The number of benzene rings is 2. The van der Waals surface area contributed by atoms with Crippen LogP contribution >= 0.6 is 0 Å². The van der Waals surface area contributed by atoms with Crippen LogP contribution in [0.2, 0.25) is 0 Å². The van der Waals surface area contributed by atoms with E-state index in [0.29, 0.717) is 11.7 Å². The van der Waals surface area contributed by atoms with Gasteiger partial charge < -0.3 is 4.74 Å². The lowest BCUT2D eigenvalue weighted by Crippen LogP contribution is -2.25. The predicted octanol–water partition coefficient (Wildman–Crippen LogP) is 9.94. The Morgan fingerprint density at radius 1 is 0.730 bits per heavy atom. The molecule has 2 aromatic carbocycles. The van der Waals surface area contributed by atoms with Gasteiger partial charge in [-0.2, -0.15) is 0 Å². The quantitative estimate of drug-likeness (QED) is 0.148. The van der Waals surface area contributed by atoms with E-state index in [0.717, 1.165) is 35.8 Å². The lowest BCUT2D eigenvalue weighted by atomic mass is 9.77. The molecule has 2 heteroatoms. The number of hydrogen-bond donors (Lipinski definition) is 0. The third-order valence-corrected chi connectivity index (χ3v) is 8.75. The van der Waals surface area contributed by atoms with Crippen LogP contribution in [0.1, 0.15) is 129 Å². The topological polar surface area (TPSA) is 26.3 Å². The summed E-state index contributed by atoms with van der Waals surface area (Å²) in [7, 11) is 0. The van der Waals surface area contributed by atoms with E-state index in [1.165, 1.54) is 82.6 Å². The van der Waals surface area contributed by atoms with Gasteiger partial charge in [0.25, 0.3) is 0 Å². The fourth-order valence-electron chi connectivity index (χ4n) is 6.35. The third-order valence-electron chi connectivity index (χ3n) is 8.75. The molecular weight excluding hydrogens is 452 g/mol. The summed E-state index contributed by atoms with van der Waals surface area (Å²) >= 11 is 0. The van der Waals surface area contributed by atoms with E-state index in [-0.39, 0.29) is 14.7 Å². The molecule has 2 saturated carbocycles. The summed E-state index contributed by atoms with van der Waals surface area (Å²) in [5.41, 5.74) is 3.45. The zero-order valence-electron chi connectivity index (χ0n) is 23.1. The lowest BCUT2D eigenvalue weighted by molar-refractivity contribution is -0.140. The van der Waals surface area contributed by atoms with Gasteiger partial charge in [0.05, 0.1) is 5.92 Å². The van der Waals surface area contributed by atoms with Gasteiger partial charge in [-0.25, -0.2) is 0 Å². The smallest absolute Gasteiger partial charge is 0.314 e. The maximum Gasteiger partial charge on any atom is 0.314 e. The van der Waals surface area contributed by atoms with Crippen molar-refractivity contribution in [2.24, 2.45) is 17.8 Å². The second-order valence-corrected chi connectivity index (χ2v) is 11.5. The van der Waals surface area contributed by atoms with Gasteiger partial charge in [-0.1, -0.05) is 76.3 Å². The molecule has 2 aliphatic rings. The minimum Gasteiger partial charge on any atom is -0.426 e. The molecule has 0 atom stereocenters. The van der Waals surface area contributed by atoms with Crippen LogP contribution in [-0.4, -0.2) is 5.97 Å². The molecule has 0 bridgehead atoms. The van der Waals surface area contributed by atoms with Crippen molar-refractivity contribution in [2.75, 3.05) is 0 Å². The maximum absolute atomic E-state index is 12.7. The SMILES string of the molecule is CCCCCC1CCC(C(=O)Oc2ccc(C#Cc3ccc(C4CCC(CCC)CC4)cc3)cc2)CC1.[HH].[HH]. The van der Waals surface area contributed by atoms with Gasteiger partial charge in [-0.15, -0.1) is 0 Å². The van der Waals surface area contributed by atoms with Crippen molar-refractivity contribution in [3.63, 3.8) is 0 Å². The first-order valence-corrected chi connectivity index (χ1v) is 15.1. The minimum atomic E-state index is -0.0650. The zero-order valence-corrected chi connectivity index (χ0v) is 23.1. The van der Waals surface area contributed by atoms with E-state index in [4.69, 9.17) is 4.74 Å². The highest BCUT2D eigenvalue weighted by molar-refractivity contribution is 5.75. The summed E-state index contributed by atoms with van der Waals surface area (Å²) in [4.78, 5) is 12.7. The van der Waals surface area contributed by atoms with Crippen LogP contribution in [0.3, 0.4) is 0 Å². The highest BCUT2D eigenvalue weighted by Crippen LogP contribution is 2.37. The highest BCUT2D eigenvalue weighted by atomic mass is 16.5. The van der Waals surface area contributed by atoms with Crippen molar-refractivity contribution in [1.29, 1.82) is 0 Å². The van der Waals surface area contributed by atoms with Crippen molar-refractivity contribution in [3.05, 3.63) is 65.2 Å². The van der Waals surface area contributed by atoms with Crippen molar-refractivity contribution in [3.8, 4) is 17.6 Å². The second-order valence-electron chi connectivity index (χ2n) is 11.5. The number of unbranched alkanes of at least 4 members (excludes halogenated alkanes) is 2. The molecule has 37 heavy (non-hydrogen) atoms. The Morgan fingerprint density at radius 3 is 1.89 bits per heavy atom. The standard InChI is InChI=1S/C35H46O2.2H2/c1-3-5-6-8-28-15-23-33(24-16-28)35(36)37-34-25-17-30(18-26-34)10-9-29-13-21-32(22-14-29)31-19-11-27(7-4-2)12-20-31;;/h13-14,17-18,21-22,25-28,31,33H,3-8,11-12,15-16,19-20,23-24H2,1-2H3;2*1H. The fourth-order valence-corrected chi connectivity index (χ4v) is 6.35. The van der Waals surface area contributed by atoms with E-state index in [1.54, 1.807) is 0 Å². The Bertz CT molecular complexity index is 1020. The van der Waals surface area contributed by atoms with Gasteiger partial charge in [-0.05, 0) is 111 Å². The van der Waals surface area contributed by atoms with E-state index in [2.05, 4.69) is 50.0 Å². The summed E-state index contributed by atoms with van der Waals surface area (Å²) in [6.45, 7) is 4.56. The first-order chi connectivity index (χ1) is 18.1. The number of ether oxygens (including phenoxy) is 1. The normalized spacial score (nSPS) is 23.6. The van der Waals surface area contributed by atoms with Gasteiger partial charge in [0.1, 0.15) is 5.75 Å². The lowest BCUT2D eigenvalue weighted by Gasteiger charge is -2.28. The first-order valence-electron chi connectivity index (χ1n) is 15.1. The van der Waals surface area contributed by atoms with E-state index in [9.17, 15) is 4.79 Å². The van der Waals surface area contributed by atoms with Crippen LogP contribution in [0.15, 0.2) is 48.5 Å². The van der Waals surface area contributed by atoms with Crippen LogP contribution in [0.25, 0.3) is 0 Å². The summed E-state index contributed by atoms with van der Waals surface area (Å²) < 4.78 is 5.71. The monoisotopic (exact) mass is 502 g/mol. The molecule has 0 N–H and O–H groups in total. The Labute approximate surface area is 228 Å². The molecule has 2 nitrogen and oxygen atoms in total. The molecule has 2 aromatic rings. The van der Waals surface area contributed by atoms with E-state index < -0.39 is 0 Å². The summed E-state index contributed by atoms with van der Waals surface area (Å²) in [5.74, 6) is 9.62. The van der Waals surface area contributed by atoms with Gasteiger partial charge in [0, 0.05) is 14.0 Å². The van der Waals surface area contributed by atoms with Crippen LogP contribution < -0.4 is 4.74 Å². The van der Waals surface area contributed by atoms with Crippen molar-refractivity contribution in [2.45, 2.75) is 110 Å². The Morgan fingerprint density at radius 2 is 1.30 bits per heavy atom. The summed E-state index contributed by atoms with van der Waals surface area (Å²) in [6.07, 6.45) is 17.7. The molecule has 4 rings (SSSR count). The van der Waals surface area contributed by atoms with E-state index >= 15 is 0 Å². The molecular formula is C35H50O2. The fraction of sp³-hybridized carbons (Fsp3) is 0.571. The summed E-state index contributed by atoms with van der Waals surface area (Å²) in [5, 5.41) is 0. The zero-order chi connectivity index (χ0) is 25.9. The number of esters is 1. The molecule has 0 unspecified atom stereocenters. The highest BCUT2D eigenvalue weighted by Gasteiger charge is 2.27. The van der Waals surface area contributed by atoms with Gasteiger partial charge in [-0.3, -0.25) is 4.79 Å². The Kier molecular flexibility index (Phi) is 10.7. The van der Waals surface area contributed by atoms with Crippen LogP contribution in [0.4, 0.5) is 0 Å². The van der Waals surface area contributed by atoms with Crippen molar-refractivity contribution in [1.82, 2.24) is 0 Å². The molecule has 0 heterocycles. The number of carbonyl (C=O) groups excluding carboxylic acids is 1. The van der Waals surface area contributed by atoms with Crippen molar-refractivity contribution < 1.29 is 12.4 Å². The predicted molar refractivity (Wildman–Crippen MR) is 158 cm³/mol. The Balaban J connectivity index is 0.00000267. The first kappa shape index (κ1) is 27.5. The van der Waals surface area contributed by atoms with Crippen LogP contribution in [-0.2, 0) is 4.79 Å². The molecule has 0 radical (unpaired) electrons. The number of hydrogen-bond acceptors (Lipinski definition) is 2. The van der Waals surface area contributed by atoms with Crippen LogP contribution in [0.5, 0.6) is 5.75 Å². The molecule has 0 aromatic heterocycles. The molecule has 0 aliphatic heterocycles. The minimum absolute atomic E-state index is 0. The average Bonchev–Trinajstić information content (AvgIpc) is 2.94. The molecule has 202 valence electrons. The number of carbonyl (C=O) groups is 1. The third kappa shape index (κ3) is 8.49. The molecule has 2 aliphatic carbocycles. The largest absolute Gasteiger partial charge is 0.426 e. The summed E-state index contributed by atoms with van der Waals surface area (Å²) in [6, 6.07) is 16.5. The molecule has 0 amide bonds. The average molecular weight is 503 g/mol. The van der Waals surface area contributed by atoms with Gasteiger partial charge in [0.15, 0.2) is 0 Å². The molecule has 2 fully saturated rings. The molecule has 0 saturated heterocycles. The van der Waals surface area contributed by atoms with Gasteiger partial charge in [0.2, 0.25) is 0 Å². The Hall–Kier alpha value is -2.53. The van der Waals surface area contributed by atoms with Crippen LogP contribution in [0, 0.1) is 29.6 Å². The maximum atomic E-state index is 12.7. The van der Waals surface area contributed by atoms with E-state index in [1.807, 2.05) is 24.3 Å². The molecule has 0 spiro atoms. The van der Waals surface area contributed by atoms with Crippen molar-refractivity contribution >= 4 is 5.97 Å². The second kappa shape index (κ2) is 14.4.